The van der Waals surface area contributed by atoms with Crippen LogP contribution in [0.4, 0.5) is 0 Å². The molecule has 22 heavy (non-hydrogen) atoms. The lowest BCUT2D eigenvalue weighted by atomic mass is 9.95. The third-order valence-corrected chi connectivity index (χ3v) is 3.30. The van der Waals surface area contributed by atoms with Crippen molar-refractivity contribution in [2.45, 2.75) is 39.5 Å². The first-order valence-corrected chi connectivity index (χ1v) is 7.82. The van der Waals surface area contributed by atoms with E-state index in [9.17, 15) is 10.1 Å². The molecule has 0 aromatic rings. The second kappa shape index (κ2) is 10.0. The van der Waals surface area contributed by atoms with Gasteiger partial charge in [-0.2, -0.15) is 5.26 Å². The van der Waals surface area contributed by atoms with Crippen LogP contribution in [0, 0.1) is 17.2 Å². The van der Waals surface area contributed by atoms with Crippen molar-refractivity contribution in [3.63, 3.8) is 0 Å². The smallest absolute Gasteiger partial charge is 0.349 e. The van der Waals surface area contributed by atoms with Crippen molar-refractivity contribution in [1.29, 1.82) is 5.26 Å². The molecule has 0 heterocycles. The van der Waals surface area contributed by atoms with Crippen LogP contribution in [-0.4, -0.2) is 32.8 Å². The average Bonchev–Trinajstić information content (AvgIpc) is 2.51. The van der Waals surface area contributed by atoms with Gasteiger partial charge < -0.3 is 14.8 Å². The van der Waals surface area contributed by atoms with E-state index in [0.717, 1.165) is 43.5 Å². The third-order valence-electron chi connectivity index (χ3n) is 3.30. The van der Waals surface area contributed by atoms with Crippen LogP contribution >= 0.6 is 0 Å². The van der Waals surface area contributed by atoms with Crippen molar-refractivity contribution in [3.05, 3.63) is 22.9 Å². The van der Waals surface area contributed by atoms with Gasteiger partial charge in [-0.3, -0.25) is 0 Å². The van der Waals surface area contributed by atoms with E-state index in [1.54, 1.807) is 7.11 Å². The van der Waals surface area contributed by atoms with Crippen molar-refractivity contribution >= 4 is 5.97 Å². The summed E-state index contributed by atoms with van der Waals surface area (Å²) in [6.07, 6.45) is 5.46. The predicted octanol–water partition coefficient (Wildman–Crippen LogP) is 2.70. The second-order valence-electron chi connectivity index (χ2n) is 5.80. The van der Waals surface area contributed by atoms with Crippen molar-refractivity contribution in [1.82, 2.24) is 5.32 Å². The van der Waals surface area contributed by atoms with Gasteiger partial charge in [-0.05, 0) is 43.3 Å². The molecule has 0 aromatic heterocycles. The van der Waals surface area contributed by atoms with E-state index in [1.807, 2.05) is 26.0 Å². The fourth-order valence-electron chi connectivity index (χ4n) is 2.19. The largest absolute Gasteiger partial charge is 0.461 e. The number of nitrogens with one attached hydrogen (secondary N) is 1. The molecule has 1 rings (SSSR count). The van der Waals surface area contributed by atoms with E-state index < -0.39 is 5.97 Å². The molecule has 0 unspecified atom stereocenters. The molecule has 0 atom stereocenters. The summed E-state index contributed by atoms with van der Waals surface area (Å²) in [5, 5.41) is 12.6. The average molecular weight is 306 g/mol. The van der Waals surface area contributed by atoms with E-state index in [0.29, 0.717) is 13.2 Å². The van der Waals surface area contributed by atoms with Crippen LogP contribution in [0.3, 0.4) is 0 Å². The molecule has 0 spiro atoms. The minimum atomic E-state index is -0.511. The van der Waals surface area contributed by atoms with Gasteiger partial charge >= 0.3 is 5.97 Å². The second-order valence-corrected chi connectivity index (χ2v) is 5.80. The first-order valence-electron chi connectivity index (χ1n) is 7.82. The third kappa shape index (κ3) is 6.31. The van der Waals surface area contributed by atoms with Gasteiger partial charge in [-0.15, -0.1) is 0 Å². The summed E-state index contributed by atoms with van der Waals surface area (Å²) in [5.74, 6) is -0.253. The quantitative estimate of drug-likeness (QED) is 0.323. The number of ether oxygens (including phenoxy) is 2. The number of rotatable bonds is 8. The van der Waals surface area contributed by atoms with Gasteiger partial charge in [0.1, 0.15) is 11.6 Å². The first kappa shape index (κ1) is 18.2. The Morgan fingerprint density at radius 3 is 2.86 bits per heavy atom. The number of allylic oxidation sites excluding steroid dienone is 3. The number of nitriles is 1. The Bertz CT molecular complexity index is 473. The van der Waals surface area contributed by atoms with Gasteiger partial charge in [-0.25, -0.2) is 4.79 Å². The Hall–Kier alpha value is -1.80. The number of carbonyl (C=O) groups excluding carboxylic acids is 1. The maximum absolute atomic E-state index is 12.0. The van der Waals surface area contributed by atoms with E-state index in [4.69, 9.17) is 9.47 Å². The molecule has 0 bridgehead atoms. The summed E-state index contributed by atoms with van der Waals surface area (Å²) in [7, 11) is 1.68. The molecule has 1 aliphatic rings. The Balaban J connectivity index is 2.72. The van der Waals surface area contributed by atoms with Gasteiger partial charge in [0.2, 0.25) is 0 Å². The first-order chi connectivity index (χ1) is 10.6. The molecule has 0 radical (unpaired) electrons. The normalized spacial score (nSPS) is 16.8. The highest BCUT2D eigenvalue weighted by Crippen LogP contribution is 2.24. The Morgan fingerprint density at radius 1 is 1.45 bits per heavy atom. The zero-order chi connectivity index (χ0) is 16.4. The Morgan fingerprint density at radius 2 is 2.23 bits per heavy atom. The summed E-state index contributed by atoms with van der Waals surface area (Å²) in [6, 6.07) is 2.00. The molecule has 1 N–H and O–H groups in total. The van der Waals surface area contributed by atoms with Gasteiger partial charge in [0.25, 0.3) is 0 Å². The predicted molar refractivity (Wildman–Crippen MR) is 84.9 cm³/mol. The zero-order valence-electron chi connectivity index (χ0n) is 13.8. The van der Waals surface area contributed by atoms with E-state index >= 15 is 0 Å². The highest BCUT2D eigenvalue weighted by atomic mass is 16.5. The molecule has 0 aromatic carbocycles. The molecule has 0 saturated carbocycles. The van der Waals surface area contributed by atoms with E-state index in [-0.39, 0.29) is 11.5 Å². The van der Waals surface area contributed by atoms with Crippen LogP contribution in [-0.2, 0) is 14.3 Å². The summed E-state index contributed by atoms with van der Waals surface area (Å²) in [5.41, 5.74) is 1.98. The van der Waals surface area contributed by atoms with Gasteiger partial charge in [0.15, 0.2) is 0 Å². The lowest BCUT2D eigenvalue weighted by Gasteiger charge is -2.18. The highest BCUT2D eigenvalue weighted by molar-refractivity contribution is 5.94. The zero-order valence-corrected chi connectivity index (χ0v) is 13.8. The molecule has 0 saturated heterocycles. The Kier molecular flexibility index (Phi) is 8.31. The fourth-order valence-corrected chi connectivity index (χ4v) is 2.19. The number of hydrogen-bond donors (Lipinski definition) is 1. The summed E-state index contributed by atoms with van der Waals surface area (Å²) in [6.45, 7) is 5.81. The molecule has 0 aliphatic heterocycles. The highest BCUT2D eigenvalue weighted by Gasteiger charge is 2.19. The van der Waals surface area contributed by atoms with Crippen molar-refractivity contribution in [2.75, 3.05) is 26.9 Å². The molecular formula is C17H26N2O3. The van der Waals surface area contributed by atoms with Gasteiger partial charge in [0.05, 0.1) is 6.61 Å². The molecule has 5 heteroatoms. The summed E-state index contributed by atoms with van der Waals surface area (Å²) in [4.78, 5) is 12.0. The molecular weight excluding hydrogens is 280 g/mol. The van der Waals surface area contributed by atoms with Crippen LogP contribution in [0.2, 0.25) is 0 Å². The molecule has 1 aliphatic carbocycles. The minimum absolute atomic E-state index is 0.136. The van der Waals surface area contributed by atoms with Gasteiger partial charge in [-0.1, -0.05) is 13.8 Å². The van der Waals surface area contributed by atoms with Crippen molar-refractivity contribution in [3.8, 4) is 6.07 Å². The standard InChI is InChI=1S/C17H26N2O3/c1-13(2)12-22-17(20)16(11-18)14-6-4-7-15(10-14)19-8-5-9-21-3/h10,13,19H,4-9,12H2,1-3H3/b16-14-. The fraction of sp³-hybridized carbons (Fsp3) is 0.647. The molecule has 0 amide bonds. The number of nitrogens with zero attached hydrogens (tertiary/aromatic N) is 1. The SMILES string of the molecule is COCCCNC1=C/C(=C(/C#N)C(=O)OCC(C)C)CCC1. The van der Waals surface area contributed by atoms with Crippen molar-refractivity contribution < 1.29 is 14.3 Å². The van der Waals surface area contributed by atoms with Gasteiger partial charge in [0, 0.05) is 26.0 Å². The van der Waals surface area contributed by atoms with E-state index in [2.05, 4.69) is 5.32 Å². The van der Waals surface area contributed by atoms with Crippen LogP contribution in [0.1, 0.15) is 39.5 Å². The molecule has 5 nitrogen and oxygen atoms in total. The number of hydrogen-bond acceptors (Lipinski definition) is 5. The maximum atomic E-state index is 12.0. The summed E-state index contributed by atoms with van der Waals surface area (Å²) < 4.78 is 10.2. The monoisotopic (exact) mass is 306 g/mol. The maximum Gasteiger partial charge on any atom is 0.349 e. The van der Waals surface area contributed by atoms with Crippen LogP contribution in [0.25, 0.3) is 0 Å². The summed E-state index contributed by atoms with van der Waals surface area (Å²) >= 11 is 0. The minimum Gasteiger partial charge on any atom is -0.461 e. The van der Waals surface area contributed by atoms with Crippen LogP contribution < -0.4 is 5.32 Å². The topological polar surface area (TPSA) is 71.3 Å². The molecule has 0 fully saturated rings. The number of methoxy groups -OCH3 is 1. The van der Waals surface area contributed by atoms with Crippen molar-refractivity contribution in [2.24, 2.45) is 5.92 Å². The lowest BCUT2D eigenvalue weighted by Crippen LogP contribution is -2.19. The lowest BCUT2D eigenvalue weighted by molar-refractivity contribution is -0.139. The van der Waals surface area contributed by atoms with E-state index in [1.165, 1.54) is 0 Å². The number of esters is 1. The Labute approximate surface area is 133 Å². The van der Waals surface area contributed by atoms with Crippen LogP contribution in [0.15, 0.2) is 22.9 Å². The number of carbonyl (C=O) groups is 1. The van der Waals surface area contributed by atoms with Crippen LogP contribution in [0.5, 0.6) is 0 Å². The molecule has 122 valence electrons.